The molecule has 0 spiro atoms. The lowest BCUT2D eigenvalue weighted by atomic mass is 9.81. The summed E-state index contributed by atoms with van der Waals surface area (Å²) in [6.45, 7) is 5.74. The Labute approximate surface area is 112 Å². The van der Waals surface area contributed by atoms with Gasteiger partial charge in [-0.1, -0.05) is 13.8 Å². The highest BCUT2D eigenvalue weighted by molar-refractivity contribution is 5.79. The van der Waals surface area contributed by atoms with E-state index < -0.39 is 41.3 Å². The zero-order chi connectivity index (χ0) is 15.0. The summed E-state index contributed by atoms with van der Waals surface area (Å²) in [6, 6.07) is 0. The molecule has 5 nitrogen and oxygen atoms in total. The van der Waals surface area contributed by atoms with E-state index in [0.29, 0.717) is 0 Å². The number of ether oxygens (including phenoxy) is 1. The zero-order valence-electron chi connectivity index (χ0n) is 11.8. The monoisotopic (exact) mass is 278 g/mol. The number of aliphatic hydroxyl groups excluding tert-OH is 3. The molecule has 0 amide bonds. The van der Waals surface area contributed by atoms with Crippen LogP contribution in [0.3, 0.4) is 0 Å². The van der Waals surface area contributed by atoms with Crippen molar-refractivity contribution in [3.05, 3.63) is 0 Å². The molecule has 112 valence electrons. The van der Waals surface area contributed by atoms with E-state index in [-0.39, 0.29) is 13.0 Å². The summed E-state index contributed by atoms with van der Waals surface area (Å²) in [5.74, 6) is -2.07. The standard InChI is InChI=1S/C13H23FO5/c1-5-19-11(18)13(4,14)10(17)7-6-8(15)12(2,3)9(7)16/h7-10,15-17H,5-6H2,1-4H3/t7-,8-,9-,10-,13-/m1/s1. The number of carbonyl (C=O) groups excluding carboxylic acids is 1. The zero-order valence-corrected chi connectivity index (χ0v) is 11.8. The normalized spacial score (nSPS) is 34.6. The van der Waals surface area contributed by atoms with Gasteiger partial charge in [-0.15, -0.1) is 0 Å². The summed E-state index contributed by atoms with van der Waals surface area (Å²) in [5, 5.41) is 30.0. The lowest BCUT2D eigenvalue weighted by Gasteiger charge is -2.33. The van der Waals surface area contributed by atoms with Crippen molar-refractivity contribution < 1.29 is 29.2 Å². The van der Waals surface area contributed by atoms with Crippen molar-refractivity contribution in [2.45, 2.75) is 58.1 Å². The molecule has 1 saturated carbocycles. The van der Waals surface area contributed by atoms with Gasteiger partial charge in [-0.2, -0.15) is 0 Å². The first kappa shape index (κ1) is 16.3. The Balaban J connectivity index is 2.89. The van der Waals surface area contributed by atoms with Gasteiger partial charge in [-0.3, -0.25) is 0 Å². The largest absolute Gasteiger partial charge is 0.464 e. The molecule has 0 aromatic rings. The molecule has 0 aliphatic heterocycles. The molecular weight excluding hydrogens is 255 g/mol. The summed E-state index contributed by atoms with van der Waals surface area (Å²) in [6.07, 6.45) is -3.64. The molecular formula is C13H23FO5. The fourth-order valence-corrected chi connectivity index (χ4v) is 2.54. The van der Waals surface area contributed by atoms with Gasteiger partial charge in [-0.05, 0) is 20.3 Å². The third kappa shape index (κ3) is 2.75. The van der Waals surface area contributed by atoms with Crippen LogP contribution < -0.4 is 0 Å². The fraction of sp³-hybridized carbons (Fsp3) is 0.923. The molecule has 19 heavy (non-hydrogen) atoms. The molecule has 3 N–H and O–H groups in total. The Morgan fingerprint density at radius 3 is 2.42 bits per heavy atom. The smallest absolute Gasteiger partial charge is 0.346 e. The summed E-state index contributed by atoms with van der Waals surface area (Å²) < 4.78 is 18.9. The van der Waals surface area contributed by atoms with Gasteiger partial charge >= 0.3 is 5.97 Å². The van der Waals surface area contributed by atoms with Crippen LogP contribution in [0.4, 0.5) is 4.39 Å². The van der Waals surface area contributed by atoms with Gasteiger partial charge in [0.2, 0.25) is 5.67 Å². The van der Waals surface area contributed by atoms with Crippen molar-refractivity contribution in [2.75, 3.05) is 6.61 Å². The number of halogens is 1. The van der Waals surface area contributed by atoms with Crippen molar-refractivity contribution in [1.82, 2.24) is 0 Å². The lowest BCUT2D eigenvalue weighted by molar-refractivity contribution is -0.169. The second kappa shape index (κ2) is 5.34. The summed E-state index contributed by atoms with van der Waals surface area (Å²) in [5.41, 5.74) is -3.46. The predicted molar refractivity (Wildman–Crippen MR) is 66.1 cm³/mol. The van der Waals surface area contributed by atoms with Crippen molar-refractivity contribution in [3.63, 3.8) is 0 Å². The minimum Gasteiger partial charge on any atom is -0.464 e. The molecule has 0 aromatic heterocycles. The Bertz CT molecular complexity index is 342. The molecule has 0 saturated heterocycles. The molecule has 5 atom stereocenters. The van der Waals surface area contributed by atoms with E-state index in [2.05, 4.69) is 4.74 Å². The maximum atomic E-state index is 14.4. The van der Waals surface area contributed by atoms with Crippen LogP contribution in [0.2, 0.25) is 0 Å². The van der Waals surface area contributed by atoms with Crippen LogP contribution in [-0.4, -0.2) is 51.9 Å². The van der Waals surface area contributed by atoms with Crippen molar-refractivity contribution in [3.8, 4) is 0 Å². The topological polar surface area (TPSA) is 87.0 Å². The second-order valence-electron chi connectivity index (χ2n) is 5.92. The third-order valence-electron chi connectivity index (χ3n) is 4.16. The molecule has 6 heteroatoms. The summed E-state index contributed by atoms with van der Waals surface area (Å²) in [4.78, 5) is 11.5. The third-order valence-corrected chi connectivity index (χ3v) is 4.16. The van der Waals surface area contributed by atoms with Crippen LogP contribution in [0.25, 0.3) is 0 Å². The lowest BCUT2D eigenvalue weighted by Crippen LogP contribution is -2.50. The van der Waals surface area contributed by atoms with E-state index in [1.165, 1.54) is 6.92 Å². The number of rotatable bonds is 4. The van der Waals surface area contributed by atoms with Gasteiger partial charge < -0.3 is 20.1 Å². The molecule has 1 aliphatic carbocycles. The number of hydrogen-bond acceptors (Lipinski definition) is 5. The molecule has 0 heterocycles. The van der Waals surface area contributed by atoms with E-state index in [9.17, 15) is 24.5 Å². The highest BCUT2D eigenvalue weighted by Crippen LogP contribution is 2.45. The molecule has 0 radical (unpaired) electrons. The Morgan fingerprint density at radius 2 is 2.05 bits per heavy atom. The van der Waals surface area contributed by atoms with E-state index in [0.717, 1.165) is 6.92 Å². The van der Waals surface area contributed by atoms with E-state index in [1.807, 2.05) is 0 Å². The van der Waals surface area contributed by atoms with Gasteiger partial charge in [0.15, 0.2) is 0 Å². The molecule has 0 aromatic carbocycles. The number of esters is 1. The van der Waals surface area contributed by atoms with Gasteiger partial charge in [0.25, 0.3) is 0 Å². The maximum Gasteiger partial charge on any atom is 0.346 e. The molecule has 1 fully saturated rings. The fourth-order valence-electron chi connectivity index (χ4n) is 2.54. The van der Waals surface area contributed by atoms with E-state index in [4.69, 9.17) is 0 Å². The van der Waals surface area contributed by atoms with Crippen LogP contribution in [0.15, 0.2) is 0 Å². The first-order chi connectivity index (χ1) is 8.56. The maximum absolute atomic E-state index is 14.4. The molecule has 1 aliphatic rings. The van der Waals surface area contributed by atoms with Crippen LogP contribution >= 0.6 is 0 Å². The second-order valence-corrected chi connectivity index (χ2v) is 5.92. The van der Waals surface area contributed by atoms with Crippen LogP contribution in [-0.2, 0) is 9.53 Å². The summed E-state index contributed by atoms with van der Waals surface area (Å²) in [7, 11) is 0. The molecule has 0 bridgehead atoms. The number of hydrogen-bond donors (Lipinski definition) is 3. The van der Waals surface area contributed by atoms with Crippen LogP contribution in [0, 0.1) is 11.3 Å². The average Bonchev–Trinajstić information content (AvgIpc) is 2.52. The van der Waals surface area contributed by atoms with Crippen molar-refractivity contribution in [2.24, 2.45) is 11.3 Å². The number of carbonyl (C=O) groups is 1. The van der Waals surface area contributed by atoms with Crippen LogP contribution in [0.5, 0.6) is 0 Å². The number of alkyl halides is 1. The quantitative estimate of drug-likeness (QED) is 0.648. The molecule has 0 unspecified atom stereocenters. The minimum atomic E-state index is -2.61. The first-order valence-electron chi connectivity index (χ1n) is 6.47. The Morgan fingerprint density at radius 1 is 1.53 bits per heavy atom. The average molecular weight is 278 g/mol. The van der Waals surface area contributed by atoms with Gasteiger partial charge in [0.1, 0.15) is 6.10 Å². The van der Waals surface area contributed by atoms with Gasteiger partial charge in [0.05, 0.1) is 18.8 Å². The van der Waals surface area contributed by atoms with Crippen molar-refractivity contribution in [1.29, 1.82) is 0 Å². The van der Waals surface area contributed by atoms with E-state index in [1.54, 1.807) is 13.8 Å². The highest BCUT2D eigenvalue weighted by atomic mass is 19.1. The predicted octanol–water partition coefficient (Wildman–Crippen LogP) is 0.407. The van der Waals surface area contributed by atoms with E-state index >= 15 is 0 Å². The van der Waals surface area contributed by atoms with Crippen LogP contribution in [0.1, 0.15) is 34.1 Å². The number of aliphatic hydroxyl groups is 3. The first-order valence-corrected chi connectivity index (χ1v) is 6.47. The highest BCUT2D eigenvalue weighted by Gasteiger charge is 2.56. The summed E-state index contributed by atoms with van der Waals surface area (Å²) >= 11 is 0. The van der Waals surface area contributed by atoms with Gasteiger partial charge in [0, 0.05) is 11.3 Å². The Hall–Kier alpha value is -0.720. The Kier molecular flexibility index (Phi) is 4.59. The molecule has 1 rings (SSSR count). The SMILES string of the molecule is CCOC(=O)[C@](C)(F)[C@H](O)[C@@H]1C[C@@H](O)C(C)(C)[C@@H]1O. The van der Waals surface area contributed by atoms with Gasteiger partial charge in [-0.25, -0.2) is 9.18 Å². The minimum absolute atomic E-state index is 0.00635. The van der Waals surface area contributed by atoms with Crippen molar-refractivity contribution >= 4 is 5.97 Å².